The molecular weight excluding hydrogens is 438 g/mol. The van der Waals surface area contributed by atoms with Crippen LogP contribution in [0.1, 0.15) is 57.1 Å². The van der Waals surface area contributed by atoms with Crippen molar-refractivity contribution in [2.24, 2.45) is 5.41 Å². The average molecular weight is 472 g/mol. The molecule has 0 radical (unpaired) electrons. The molecule has 1 spiro atoms. The summed E-state index contributed by atoms with van der Waals surface area (Å²) in [6.45, 7) is 7.03. The lowest BCUT2D eigenvalue weighted by Crippen LogP contribution is -2.44. The first-order valence-corrected chi connectivity index (χ1v) is 13.0. The molecule has 0 bridgehead atoms. The molecule has 1 fully saturated rings. The zero-order valence-electron chi connectivity index (χ0n) is 19.8. The first kappa shape index (κ1) is 23.8. The molecule has 1 atom stereocenters. The van der Waals surface area contributed by atoms with Crippen molar-refractivity contribution in [3.63, 3.8) is 0 Å². The van der Waals surface area contributed by atoms with Gasteiger partial charge < -0.3 is 9.47 Å². The van der Waals surface area contributed by atoms with Gasteiger partial charge in [0, 0.05) is 19.0 Å². The van der Waals surface area contributed by atoms with E-state index in [4.69, 9.17) is 9.47 Å². The Morgan fingerprint density at radius 2 is 1.73 bits per heavy atom. The summed E-state index contributed by atoms with van der Waals surface area (Å²) < 4.78 is 38.6. The number of esters is 1. The third kappa shape index (κ3) is 4.06. The molecule has 0 amide bonds. The van der Waals surface area contributed by atoms with Crippen molar-refractivity contribution >= 4 is 16.0 Å². The SMILES string of the molecule is CCOC(=O)C(C)(C)C1CC2(CCN(S(=O)(=O)c3ccc(OC)cc3)CC2)c2ccccc21. The Hall–Kier alpha value is -2.38. The number of piperidine rings is 1. The Balaban J connectivity index is 1.58. The zero-order valence-corrected chi connectivity index (χ0v) is 20.7. The van der Waals surface area contributed by atoms with Gasteiger partial charge in [0.05, 0.1) is 24.0 Å². The summed E-state index contributed by atoms with van der Waals surface area (Å²) in [7, 11) is -2.01. The molecule has 6 nitrogen and oxygen atoms in total. The number of methoxy groups -OCH3 is 1. The number of sulfonamides is 1. The second kappa shape index (κ2) is 8.76. The Labute approximate surface area is 196 Å². The van der Waals surface area contributed by atoms with Crippen LogP contribution in [-0.2, 0) is 25.0 Å². The van der Waals surface area contributed by atoms with Crippen LogP contribution in [0.2, 0.25) is 0 Å². The van der Waals surface area contributed by atoms with E-state index in [0.29, 0.717) is 25.4 Å². The fourth-order valence-corrected chi connectivity index (χ4v) is 6.96. The van der Waals surface area contributed by atoms with E-state index in [-0.39, 0.29) is 22.2 Å². The average Bonchev–Trinajstić information content (AvgIpc) is 3.14. The Kier molecular flexibility index (Phi) is 6.31. The molecule has 1 heterocycles. The van der Waals surface area contributed by atoms with Crippen molar-refractivity contribution in [3.05, 3.63) is 59.7 Å². The third-order valence-corrected chi connectivity index (χ3v) is 9.46. The number of carbonyl (C=O) groups excluding carboxylic acids is 1. The van der Waals surface area contributed by atoms with Gasteiger partial charge in [-0.2, -0.15) is 4.31 Å². The summed E-state index contributed by atoms with van der Waals surface area (Å²) in [4.78, 5) is 13.1. The summed E-state index contributed by atoms with van der Waals surface area (Å²) in [5, 5.41) is 0. The van der Waals surface area contributed by atoms with Crippen LogP contribution in [0, 0.1) is 5.41 Å². The lowest BCUT2D eigenvalue weighted by molar-refractivity contribution is -0.155. The summed E-state index contributed by atoms with van der Waals surface area (Å²) in [5.74, 6) is 0.489. The topological polar surface area (TPSA) is 72.9 Å². The van der Waals surface area contributed by atoms with Gasteiger partial charge in [-0.3, -0.25) is 4.79 Å². The number of hydrogen-bond acceptors (Lipinski definition) is 5. The van der Waals surface area contributed by atoms with E-state index in [2.05, 4.69) is 12.1 Å². The normalized spacial score (nSPS) is 20.4. The second-order valence-electron chi connectivity index (χ2n) is 9.65. The van der Waals surface area contributed by atoms with Crippen LogP contribution in [0.4, 0.5) is 0 Å². The fourth-order valence-electron chi connectivity index (χ4n) is 5.52. The quantitative estimate of drug-likeness (QED) is 0.580. The Morgan fingerprint density at radius 1 is 1.09 bits per heavy atom. The van der Waals surface area contributed by atoms with Crippen molar-refractivity contribution in [1.29, 1.82) is 0 Å². The minimum atomic E-state index is -3.57. The highest BCUT2D eigenvalue weighted by atomic mass is 32.2. The minimum Gasteiger partial charge on any atom is -0.497 e. The third-order valence-electron chi connectivity index (χ3n) is 7.55. The molecule has 1 aliphatic heterocycles. The van der Waals surface area contributed by atoms with Gasteiger partial charge in [-0.15, -0.1) is 0 Å². The van der Waals surface area contributed by atoms with Crippen LogP contribution in [-0.4, -0.2) is 45.5 Å². The number of hydrogen-bond donors (Lipinski definition) is 0. The first-order valence-electron chi connectivity index (χ1n) is 11.6. The molecule has 178 valence electrons. The van der Waals surface area contributed by atoms with E-state index in [9.17, 15) is 13.2 Å². The van der Waals surface area contributed by atoms with Crippen LogP contribution in [0.25, 0.3) is 0 Å². The lowest BCUT2D eigenvalue weighted by atomic mass is 9.70. The molecule has 1 aliphatic carbocycles. The zero-order chi connectivity index (χ0) is 23.9. The minimum absolute atomic E-state index is 0.0393. The molecule has 0 saturated carbocycles. The predicted molar refractivity (Wildman–Crippen MR) is 127 cm³/mol. The summed E-state index contributed by atoms with van der Waals surface area (Å²) >= 11 is 0. The Morgan fingerprint density at radius 3 is 2.33 bits per heavy atom. The highest BCUT2D eigenvalue weighted by Gasteiger charge is 2.52. The van der Waals surface area contributed by atoms with Crippen molar-refractivity contribution in [1.82, 2.24) is 4.31 Å². The molecule has 2 aliphatic rings. The first-order chi connectivity index (χ1) is 15.7. The highest BCUT2D eigenvalue weighted by Crippen LogP contribution is 2.57. The maximum atomic E-state index is 13.2. The van der Waals surface area contributed by atoms with Crippen molar-refractivity contribution in [3.8, 4) is 5.75 Å². The number of ether oxygens (including phenoxy) is 2. The van der Waals surface area contributed by atoms with Gasteiger partial charge in [-0.25, -0.2) is 8.42 Å². The van der Waals surface area contributed by atoms with E-state index in [1.165, 1.54) is 11.1 Å². The maximum absolute atomic E-state index is 13.2. The molecule has 1 unspecified atom stereocenters. The smallest absolute Gasteiger partial charge is 0.312 e. The van der Waals surface area contributed by atoms with E-state index in [1.54, 1.807) is 35.7 Å². The maximum Gasteiger partial charge on any atom is 0.312 e. The highest BCUT2D eigenvalue weighted by molar-refractivity contribution is 7.89. The molecule has 7 heteroatoms. The molecule has 4 rings (SSSR count). The number of fused-ring (bicyclic) bond motifs is 2. The second-order valence-corrected chi connectivity index (χ2v) is 11.6. The Bertz CT molecular complexity index is 1120. The van der Waals surface area contributed by atoms with E-state index >= 15 is 0 Å². The van der Waals surface area contributed by atoms with Crippen LogP contribution in [0.5, 0.6) is 5.75 Å². The van der Waals surface area contributed by atoms with E-state index < -0.39 is 15.4 Å². The summed E-state index contributed by atoms with van der Waals surface area (Å²) in [6.07, 6.45) is 2.29. The molecule has 1 saturated heterocycles. The molecular formula is C26H33NO5S. The molecule has 33 heavy (non-hydrogen) atoms. The van der Waals surface area contributed by atoms with Gasteiger partial charge >= 0.3 is 5.97 Å². The van der Waals surface area contributed by atoms with Gasteiger partial charge in [0.25, 0.3) is 0 Å². The van der Waals surface area contributed by atoms with Crippen LogP contribution < -0.4 is 4.74 Å². The van der Waals surface area contributed by atoms with Crippen LogP contribution in [0.3, 0.4) is 0 Å². The summed E-state index contributed by atoms with van der Waals surface area (Å²) in [6, 6.07) is 14.9. The van der Waals surface area contributed by atoms with E-state index in [1.807, 2.05) is 32.9 Å². The lowest BCUT2D eigenvalue weighted by Gasteiger charge is -2.40. The number of nitrogens with zero attached hydrogens (tertiary/aromatic N) is 1. The van der Waals surface area contributed by atoms with Gasteiger partial charge in [-0.1, -0.05) is 24.3 Å². The van der Waals surface area contributed by atoms with Crippen LogP contribution in [0.15, 0.2) is 53.4 Å². The largest absolute Gasteiger partial charge is 0.497 e. The number of carbonyl (C=O) groups is 1. The molecule has 0 N–H and O–H groups in total. The number of rotatable bonds is 6. The molecule has 2 aromatic rings. The molecule has 2 aromatic carbocycles. The molecule has 0 aromatic heterocycles. The standard InChI is InChI=1S/C26H33NO5S/c1-5-32-24(28)25(2,3)23-18-26(22-9-7-6-8-21(22)23)14-16-27(17-15-26)33(29,30)20-12-10-19(31-4)11-13-20/h6-13,23H,5,14-18H2,1-4H3. The van der Waals surface area contributed by atoms with E-state index in [0.717, 1.165) is 19.3 Å². The van der Waals surface area contributed by atoms with Gasteiger partial charge in [-0.05, 0) is 80.8 Å². The van der Waals surface area contributed by atoms with Gasteiger partial charge in [0.1, 0.15) is 5.75 Å². The van der Waals surface area contributed by atoms with Crippen molar-refractivity contribution in [2.45, 2.75) is 56.3 Å². The van der Waals surface area contributed by atoms with Gasteiger partial charge in [0.15, 0.2) is 0 Å². The monoisotopic (exact) mass is 471 g/mol. The fraction of sp³-hybridized carbons (Fsp3) is 0.500. The van der Waals surface area contributed by atoms with Crippen molar-refractivity contribution < 1.29 is 22.7 Å². The summed E-state index contributed by atoms with van der Waals surface area (Å²) in [5.41, 5.74) is 1.68. The van der Waals surface area contributed by atoms with Crippen LogP contribution >= 0.6 is 0 Å². The number of benzene rings is 2. The van der Waals surface area contributed by atoms with Crippen molar-refractivity contribution in [2.75, 3.05) is 26.8 Å². The van der Waals surface area contributed by atoms with Gasteiger partial charge in [0.2, 0.25) is 10.0 Å². The predicted octanol–water partition coefficient (Wildman–Crippen LogP) is 4.49.